The minimum Gasteiger partial charge on any atom is -0.347 e. The molecule has 0 saturated heterocycles. The standard InChI is InChI=1S/C15H22BN3O3/c1-10(2)14(18-9-20)15(22)17-8-13(21)19-12-5-3-11(7-16)4-6-12/h3-6,9-10,14H,7-8,16H2,1-2H3,(H,17,22)(H,18,20)(H,19,21). The van der Waals surface area contributed by atoms with Crippen LogP contribution in [-0.4, -0.2) is 38.7 Å². The van der Waals surface area contributed by atoms with Crippen LogP contribution in [0.15, 0.2) is 24.3 Å². The van der Waals surface area contributed by atoms with Crippen LogP contribution in [0, 0.1) is 5.92 Å². The fraction of sp³-hybridized carbons (Fsp3) is 0.400. The number of benzene rings is 1. The van der Waals surface area contributed by atoms with Gasteiger partial charge >= 0.3 is 0 Å². The summed E-state index contributed by atoms with van der Waals surface area (Å²) < 4.78 is 0. The first kappa shape index (κ1) is 17.7. The number of hydrogen-bond acceptors (Lipinski definition) is 3. The summed E-state index contributed by atoms with van der Waals surface area (Å²) in [5.41, 5.74) is 1.87. The smallest absolute Gasteiger partial charge is 0.243 e. The van der Waals surface area contributed by atoms with Gasteiger partial charge in [-0.05, 0) is 18.1 Å². The molecule has 3 N–H and O–H groups in total. The van der Waals surface area contributed by atoms with Gasteiger partial charge in [0.1, 0.15) is 13.9 Å². The SMILES string of the molecule is BCc1ccc(NC(=O)CNC(=O)C(NC=O)C(C)C)cc1. The third-order valence-corrected chi connectivity index (χ3v) is 3.27. The lowest BCUT2D eigenvalue weighted by Crippen LogP contribution is -2.48. The summed E-state index contributed by atoms with van der Waals surface area (Å²) >= 11 is 0. The normalized spacial score (nSPS) is 11.6. The number of carbonyl (C=O) groups is 3. The monoisotopic (exact) mass is 303 g/mol. The zero-order valence-corrected chi connectivity index (χ0v) is 13.2. The summed E-state index contributed by atoms with van der Waals surface area (Å²) in [5, 5.41) is 7.67. The Hall–Kier alpha value is -2.31. The molecule has 1 rings (SSSR count). The molecule has 0 fully saturated rings. The molecule has 0 aliphatic rings. The van der Waals surface area contributed by atoms with Crippen LogP contribution in [0.5, 0.6) is 0 Å². The van der Waals surface area contributed by atoms with E-state index in [0.717, 1.165) is 6.32 Å². The Morgan fingerprint density at radius 3 is 2.36 bits per heavy atom. The van der Waals surface area contributed by atoms with Crippen molar-refractivity contribution in [3.8, 4) is 0 Å². The first-order valence-corrected chi connectivity index (χ1v) is 7.34. The van der Waals surface area contributed by atoms with Crippen molar-refractivity contribution in [2.75, 3.05) is 11.9 Å². The van der Waals surface area contributed by atoms with Crippen molar-refractivity contribution in [3.63, 3.8) is 0 Å². The number of carbonyl (C=O) groups excluding carboxylic acids is 3. The molecule has 0 spiro atoms. The van der Waals surface area contributed by atoms with E-state index in [9.17, 15) is 14.4 Å². The van der Waals surface area contributed by atoms with Crippen molar-refractivity contribution >= 4 is 31.8 Å². The summed E-state index contributed by atoms with van der Waals surface area (Å²) in [5.74, 6) is -0.750. The minimum absolute atomic E-state index is 0.0603. The van der Waals surface area contributed by atoms with E-state index in [0.29, 0.717) is 12.1 Å². The Bertz CT molecular complexity index is 517. The van der Waals surface area contributed by atoms with Crippen molar-refractivity contribution in [2.45, 2.75) is 26.2 Å². The second kappa shape index (κ2) is 8.87. The van der Waals surface area contributed by atoms with Crippen LogP contribution in [0.25, 0.3) is 0 Å². The molecule has 1 aromatic carbocycles. The number of amides is 3. The lowest BCUT2D eigenvalue weighted by atomic mass is 9.97. The topological polar surface area (TPSA) is 87.3 Å². The van der Waals surface area contributed by atoms with Crippen LogP contribution in [0.3, 0.4) is 0 Å². The highest BCUT2D eigenvalue weighted by atomic mass is 16.2. The number of rotatable bonds is 8. The van der Waals surface area contributed by atoms with Gasteiger partial charge in [0, 0.05) is 5.69 Å². The Morgan fingerprint density at radius 2 is 1.86 bits per heavy atom. The maximum atomic E-state index is 11.9. The van der Waals surface area contributed by atoms with Gasteiger partial charge in [-0.3, -0.25) is 14.4 Å². The zero-order valence-electron chi connectivity index (χ0n) is 13.2. The van der Waals surface area contributed by atoms with Crippen LogP contribution in [0.1, 0.15) is 19.4 Å². The molecule has 1 atom stereocenters. The van der Waals surface area contributed by atoms with Crippen molar-refractivity contribution in [2.24, 2.45) is 5.92 Å². The van der Waals surface area contributed by atoms with Gasteiger partial charge in [-0.25, -0.2) is 0 Å². The summed E-state index contributed by atoms with van der Waals surface area (Å²) in [4.78, 5) is 34.2. The predicted molar refractivity (Wildman–Crippen MR) is 88.2 cm³/mol. The molecule has 0 aromatic heterocycles. The van der Waals surface area contributed by atoms with Crippen molar-refractivity contribution in [3.05, 3.63) is 29.8 Å². The van der Waals surface area contributed by atoms with Crippen LogP contribution in [-0.2, 0) is 20.7 Å². The lowest BCUT2D eigenvalue weighted by Gasteiger charge is -2.19. The van der Waals surface area contributed by atoms with E-state index < -0.39 is 6.04 Å². The molecular formula is C15H22BN3O3. The largest absolute Gasteiger partial charge is 0.347 e. The van der Waals surface area contributed by atoms with Gasteiger partial charge < -0.3 is 16.0 Å². The molecule has 0 heterocycles. The van der Waals surface area contributed by atoms with E-state index in [1.807, 2.05) is 38.1 Å². The maximum absolute atomic E-state index is 11.9. The van der Waals surface area contributed by atoms with E-state index in [-0.39, 0.29) is 24.3 Å². The highest BCUT2D eigenvalue weighted by Gasteiger charge is 2.21. The van der Waals surface area contributed by atoms with Gasteiger partial charge in [0.25, 0.3) is 0 Å². The Kier molecular flexibility index (Phi) is 7.15. The van der Waals surface area contributed by atoms with E-state index in [4.69, 9.17) is 0 Å². The quantitative estimate of drug-likeness (QED) is 0.453. The first-order chi connectivity index (χ1) is 10.5. The zero-order chi connectivity index (χ0) is 16.5. The van der Waals surface area contributed by atoms with Crippen molar-refractivity contribution < 1.29 is 14.4 Å². The van der Waals surface area contributed by atoms with Crippen LogP contribution in [0.4, 0.5) is 5.69 Å². The fourth-order valence-corrected chi connectivity index (χ4v) is 1.95. The molecule has 118 valence electrons. The van der Waals surface area contributed by atoms with Gasteiger partial charge in [-0.15, -0.1) is 0 Å². The van der Waals surface area contributed by atoms with E-state index in [1.165, 1.54) is 5.56 Å². The predicted octanol–water partition coefficient (Wildman–Crippen LogP) is -0.355. The van der Waals surface area contributed by atoms with Crippen molar-refractivity contribution in [1.29, 1.82) is 0 Å². The second-order valence-corrected chi connectivity index (χ2v) is 5.32. The molecule has 0 radical (unpaired) electrons. The van der Waals surface area contributed by atoms with E-state index in [2.05, 4.69) is 23.8 Å². The molecule has 0 aliphatic carbocycles. The summed E-state index contributed by atoms with van der Waals surface area (Å²) in [6.45, 7) is 3.49. The molecule has 6 nitrogen and oxygen atoms in total. The average Bonchev–Trinajstić information content (AvgIpc) is 2.50. The average molecular weight is 303 g/mol. The van der Waals surface area contributed by atoms with Gasteiger partial charge in [-0.2, -0.15) is 0 Å². The minimum atomic E-state index is -0.644. The first-order valence-electron chi connectivity index (χ1n) is 7.34. The Balaban J connectivity index is 2.47. The third kappa shape index (κ3) is 5.59. The van der Waals surface area contributed by atoms with Crippen LogP contribution < -0.4 is 16.0 Å². The number of hydrogen-bond donors (Lipinski definition) is 3. The molecule has 0 bridgehead atoms. The van der Waals surface area contributed by atoms with Crippen molar-refractivity contribution in [1.82, 2.24) is 10.6 Å². The van der Waals surface area contributed by atoms with E-state index >= 15 is 0 Å². The van der Waals surface area contributed by atoms with Gasteiger partial charge in [0.15, 0.2) is 0 Å². The molecule has 22 heavy (non-hydrogen) atoms. The molecule has 7 heteroatoms. The fourth-order valence-electron chi connectivity index (χ4n) is 1.95. The Labute approximate surface area is 131 Å². The van der Waals surface area contributed by atoms with Gasteiger partial charge in [-0.1, -0.05) is 37.9 Å². The summed E-state index contributed by atoms with van der Waals surface area (Å²) in [7, 11) is 2.06. The highest BCUT2D eigenvalue weighted by Crippen LogP contribution is 2.09. The third-order valence-electron chi connectivity index (χ3n) is 3.27. The lowest BCUT2D eigenvalue weighted by molar-refractivity contribution is -0.128. The van der Waals surface area contributed by atoms with Crippen LogP contribution in [0.2, 0.25) is 0 Å². The summed E-state index contributed by atoms with van der Waals surface area (Å²) in [6.07, 6.45) is 1.42. The molecule has 1 unspecified atom stereocenters. The molecule has 3 amide bonds. The van der Waals surface area contributed by atoms with Gasteiger partial charge in [0.05, 0.1) is 6.54 Å². The molecule has 0 aliphatic heterocycles. The molecule has 1 aromatic rings. The number of nitrogens with one attached hydrogen (secondary N) is 3. The highest BCUT2D eigenvalue weighted by molar-refractivity contribution is 6.08. The van der Waals surface area contributed by atoms with E-state index in [1.54, 1.807) is 0 Å². The molecule has 0 saturated carbocycles. The maximum Gasteiger partial charge on any atom is 0.243 e. The van der Waals surface area contributed by atoms with Gasteiger partial charge in [0.2, 0.25) is 18.2 Å². The Morgan fingerprint density at radius 1 is 1.23 bits per heavy atom. The number of anilines is 1. The van der Waals surface area contributed by atoms with Crippen LogP contribution >= 0.6 is 0 Å². The molecular weight excluding hydrogens is 281 g/mol. The second-order valence-electron chi connectivity index (χ2n) is 5.32. The summed E-state index contributed by atoms with van der Waals surface area (Å²) in [6, 6.07) is 6.88.